The van der Waals surface area contributed by atoms with Crippen molar-refractivity contribution in [3.05, 3.63) is 0 Å². The quantitative estimate of drug-likeness (QED) is 0.532. The van der Waals surface area contributed by atoms with E-state index in [1.54, 1.807) is 0 Å². The van der Waals surface area contributed by atoms with Crippen LogP contribution in [-0.2, 0) is 14.0 Å². The highest BCUT2D eigenvalue weighted by molar-refractivity contribution is 8.18. The van der Waals surface area contributed by atoms with Gasteiger partial charge in [0.25, 0.3) is 0 Å². The molecule has 1 fully saturated rings. The van der Waals surface area contributed by atoms with Gasteiger partial charge in [-0.25, -0.2) is 0 Å². The number of thioether (sulfide) groups is 2. The third-order valence-electron chi connectivity index (χ3n) is 1.20. The normalized spacial score (nSPS) is 22.6. The minimum Gasteiger partial charge on any atom is -0.149 e. The van der Waals surface area contributed by atoms with Crippen LogP contribution >= 0.6 is 23.5 Å². The Morgan fingerprint density at radius 3 is 2.36 bits per heavy atom. The highest BCUT2D eigenvalue weighted by Gasteiger charge is 2.57. The van der Waals surface area contributed by atoms with Crippen LogP contribution in [0.4, 0.5) is 13.2 Å². The van der Waals surface area contributed by atoms with Crippen molar-refractivity contribution < 1.29 is 25.5 Å². The Bertz CT molecular complexity index is 324. The fraction of sp³-hybridized carbons (Fsp3) is 0.800. The van der Waals surface area contributed by atoms with E-state index in [0.717, 1.165) is 17.5 Å². The first-order valence-corrected chi connectivity index (χ1v) is 6.95. The molecular formula is C5H6F3O3S3+. The maximum absolute atomic E-state index is 11.8. The van der Waals surface area contributed by atoms with Crippen molar-refractivity contribution in [1.29, 1.82) is 0 Å². The van der Waals surface area contributed by atoms with Gasteiger partial charge in [0.2, 0.25) is 0 Å². The minimum absolute atomic E-state index is 0.0985. The second kappa shape index (κ2) is 4.31. The molecule has 82 valence electrons. The Hall–Kier alpha value is 0.110. The molecule has 1 rings (SSSR count). The summed E-state index contributed by atoms with van der Waals surface area (Å²) in [6, 6.07) is 0. The summed E-state index contributed by atoms with van der Waals surface area (Å²) in [5.41, 5.74) is -5.34. The molecule has 0 aliphatic carbocycles. The van der Waals surface area contributed by atoms with Crippen molar-refractivity contribution in [3.63, 3.8) is 0 Å². The molecule has 0 unspecified atom stereocenters. The third-order valence-corrected chi connectivity index (χ3v) is 4.65. The molecule has 0 atom stereocenters. The molecule has 3 nitrogen and oxygen atoms in total. The topological polar surface area (TPSA) is 45.4 Å². The second-order valence-corrected chi connectivity index (χ2v) is 6.05. The lowest BCUT2D eigenvalue weighted by Crippen LogP contribution is -2.26. The lowest BCUT2D eigenvalue weighted by Gasteiger charge is -2.02. The first-order valence-electron chi connectivity index (χ1n) is 3.40. The first-order chi connectivity index (χ1) is 6.33. The second-order valence-electron chi connectivity index (χ2n) is 2.26. The summed E-state index contributed by atoms with van der Waals surface area (Å²) in [7, 11) is -5.47. The first kappa shape index (κ1) is 12.2. The van der Waals surface area contributed by atoms with Gasteiger partial charge in [-0.1, -0.05) is 0 Å². The number of hydrogen-bond acceptors (Lipinski definition) is 4. The number of halogens is 3. The van der Waals surface area contributed by atoms with E-state index in [1.165, 1.54) is 11.8 Å². The predicted octanol–water partition coefficient (Wildman–Crippen LogP) is 1.38. The summed E-state index contributed by atoms with van der Waals surface area (Å²) >= 11 is 2.34. The molecule has 0 spiro atoms. The Morgan fingerprint density at radius 1 is 1.29 bits per heavy atom. The van der Waals surface area contributed by atoms with Gasteiger partial charge in [0.15, 0.2) is 0 Å². The SMILES string of the molecule is O=S(=O)([O+]=C1CSCCS1)C(F)(F)F. The van der Waals surface area contributed by atoms with E-state index in [4.69, 9.17) is 0 Å². The lowest BCUT2D eigenvalue weighted by atomic mass is 10.9. The number of alkyl halides is 3. The highest BCUT2D eigenvalue weighted by Crippen LogP contribution is 2.25. The fourth-order valence-corrected chi connectivity index (χ4v) is 3.55. The maximum atomic E-state index is 11.8. The Morgan fingerprint density at radius 2 is 1.93 bits per heavy atom. The van der Waals surface area contributed by atoms with E-state index in [-0.39, 0.29) is 10.9 Å². The van der Waals surface area contributed by atoms with E-state index in [9.17, 15) is 21.6 Å². The van der Waals surface area contributed by atoms with Crippen LogP contribution in [0.1, 0.15) is 0 Å². The smallest absolute Gasteiger partial charge is 0.149 e. The zero-order chi connectivity index (χ0) is 10.8. The summed E-state index contributed by atoms with van der Waals surface area (Å²) in [4.78, 5) is 0. The van der Waals surface area contributed by atoms with E-state index in [1.807, 2.05) is 0 Å². The summed E-state index contributed by atoms with van der Waals surface area (Å²) in [5.74, 6) is 1.52. The molecule has 14 heavy (non-hydrogen) atoms. The van der Waals surface area contributed by atoms with Gasteiger partial charge >= 0.3 is 20.7 Å². The van der Waals surface area contributed by atoms with Gasteiger partial charge in [0.05, 0.1) is 0 Å². The van der Waals surface area contributed by atoms with E-state index >= 15 is 0 Å². The van der Waals surface area contributed by atoms with Crippen LogP contribution in [0, 0.1) is 0 Å². The van der Waals surface area contributed by atoms with Crippen molar-refractivity contribution in [2.75, 3.05) is 17.3 Å². The molecule has 1 aliphatic rings. The number of hydrogen-bond donors (Lipinski definition) is 0. The van der Waals surface area contributed by atoms with E-state index in [2.05, 4.69) is 3.87 Å². The Labute approximate surface area is 87.3 Å². The maximum Gasteiger partial charge on any atom is 0.602 e. The third kappa shape index (κ3) is 3.06. The number of rotatable bonds is 1. The van der Waals surface area contributed by atoms with Gasteiger partial charge in [-0.3, -0.25) is 0 Å². The molecule has 0 saturated carbocycles. The summed E-state index contributed by atoms with van der Waals surface area (Å²) in [5, 5.41) is -0.0985. The average Bonchev–Trinajstić information content (AvgIpc) is 2.03. The van der Waals surface area contributed by atoms with Gasteiger partial charge in [0.1, 0.15) is 5.75 Å². The van der Waals surface area contributed by atoms with Crippen LogP contribution < -0.4 is 0 Å². The van der Waals surface area contributed by atoms with Crippen molar-refractivity contribution >= 4 is 38.8 Å². The number of carbonyl (C=O) groups excluding carboxylic acids is 1. The molecule has 9 heteroatoms. The van der Waals surface area contributed by atoms with Gasteiger partial charge in [-0.15, -0.1) is 37.2 Å². The molecule has 1 aliphatic heterocycles. The monoisotopic (exact) mass is 267 g/mol. The van der Waals surface area contributed by atoms with Gasteiger partial charge in [-0.05, 0) is 11.8 Å². The minimum atomic E-state index is -5.47. The van der Waals surface area contributed by atoms with Crippen LogP contribution in [0.3, 0.4) is 0 Å². The fourth-order valence-electron chi connectivity index (χ4n) is 0.629. The molecule has 1 saturated heterocycles. The van der Waals surface area contributed by atoms with Crippen molar-refractivity contribution in [3.8, 4) is 0 Å². The van der Waals surface area contributed by atoms with Crippen LogP contribution in [0.25, 0.3) is 0 Å². The summed E-state index contributed by atoms with van der Waals surface area (Å²) < 4.78 is 60.5. The van der Waals surface area contributed by atoms with Crippen molar-refractivity contribution in [2.24, 2.45) is 0 Å². The zero-order valence-electron chi connectivity index (χ0n) is 6.70. The largest absolute Gasteiger partial charge is 0.602 e. The van der Waals surface area contributed by atoms with Gasteiger partial charge in [-0.2, -0.15) is 0 Å². The molecule has 0 aromatic carbocycles. The lowest BCUT2D eigenvalue weighted by molar-refractivity contribution is -0.284. The Balaban J connectivity index is 2.85. The standard InChI is InChI=1S/C5H6F3O3S3/c6-5(7,8)14(9,10)11-4-3-12-1-2-13-4/h1-3H2/q+1. The molecule has 0 N–H and O–H groups in total. The van der Waals surface area contributed by atoms with Crippen LogP contribution in [0.2, 0.25) is 0 Å². The Kier molecular flexibility index (Phi) is 3.75. The van der Waals surface area contributed by atoms with Gasteiger partial charge < -0.3 is 0 Å². The predicted molar refractivity (Wildman–Crippen MR) is 49.8 cm³/mol. The van der Waals surface area contributed by atoms with Crippen molar-refractivity contribution in [1.82, 2.24) is 0 Å². The van der Waals surface area contributed by atoms with E-state index < -0.39 is 15.6 Å². The van der Waals surface area contributed by atoms with Crippen molar-refractivity contribution in [2.45, 2.75) is 5.51 Å². The molecule has 0 aromatic rings. The van der Waals surface area contributed by atoms with E-state index in [0.29, 0.717) is 5.75 Å². The van der Waals surface area contributed by atoms with Gasteiger partial charge in [0, 0.05) is 11.5 Å². The van der Waals surface area contributed by atoms with Crippen LogP contribution in [0.5, 0.6) is 0 Å². The summed E-state index contributed by atoms with van der Waals surface area (Å²) in [6.07, 6.45) is 0. The molecular weight excluding hydrogens is 261 g/mol. The summed E-state index contributed by atoms with van der Waals surface area (Å²) in [6.45, 7) is 0. The molecule has 0 amide bonds. The van der Waals surface area contributed by atoms with Crippen LogP contribution in [-0.4, -0.2) is 36.3 Å². The molecule has 0 aromatic heterocycles. The highest BCUT2D eigenvalue weighted by atomic mass is 32.2. The average molecular weight is 267 g/mol. The molecule has 0 bridgehead atoms. The molecule has 0 radical (unpaired) electrons. The zero-order valence-corrected chi connectivity index (χ0v) is 9.15. The van der Waals surface area contributed by atoms with Crippen LogP contribution in [0.15, 0.2) is 0 Å². The molecule has 1 heterocycles.